The predicted octanol–water partition coefficient (Wildman–Crippen LogP) is 3.52. The standard InChI is InChI=1S/C17H21NO2/c1-4-9-14(3)12-16(5-2)18-17(19)20-13-15-10-7-6-8-11-15/h1,5-8,10-11,14,16H,2,9,12-13H2,3H3,(H,18,19)/t14?,16-/m1/s1. The van der Waals surface area contributed by atoms with Crippen molar-refractivity contribution in [1.29, 1.82) is 0 Å². The number of rotatable bonds is 7. The summed E-state index contributed by atoms with van der Waals surface area (Å²) in [5, 5.41) is 2.78. The summed E-state index contributed by atoms with van der Waals surface area (Å²) in [7, 11) is 0. The van der Waals surface area contributed by atoms with Crippen LogP contribution in [0.3, 0.4) is 0 Å². The molecule has 0 fully saturated rings. The molecule has 0 aliphatic heterocycles. The van der Waals surface area contributed by atoms with Crippen LogP contribution in [0.2, 0.25) is 0 Å². The second-order valence-electron chi connectivity index (χ2n) is 4.80. The summed E-state index contributed by atoms with van der Waals surface area (Å²) in [6, 6.07) is 9.43. The van der Waals surface area contributed by atoms with E-state index in [0.29, 0.717) is 12.3 Å². The number of benzene rings is 1. The number of amides is 1. The minimum absolute atomic E-state index is 0.123. The largest absolute Gasteiger partial charge is 0.445 e. The van der Waals surface area contributed by atoms with Crippen LogP contribution in [-0.4, -0.2) is 12.1 Å². The zero-order valence-corrected chi connectivity index (χ0v) is 11.8. The van der Waals surface area contributed by atoms with Crippen molar-refractivity contribution in [2.45, 2.75) is 32.4 Å². The molecular formula is C17H21NO2. The molecule has 1 aromatic rings. The Hall–Kier alpha value is -2.21. The van der Waals surface area contributed by atoms with Gasteiger partial charge in [-0.25, -0.2) is 4.79 Å². The number of carbonyl (C=O) groups is 1. The van der Waals surface area contributed by atoms with Crippen LogP contribution in [0.25, 0.3) is 0 Å². The minimum atomic E-state index is -0.438. The number of hydrogen-bond donors (Lipinski definition) is 1. The summed E-state index contributed by atoms with van der Waals surface area (Å²) in [6.45, 7) is 6.03. The lowest BCUT2D eigenvalue weighted by molar-refractivity contribution is 0.136. The van der Waals surface area contributed by atoms with Crippen LogP contribution in [-0.2, 0) is 11.3 Å². The fourth-order valence-corrected chi connectivity index (χ4v) is 1.85. The first-order valence-corrected chi connectivity index (χ1v) is 6.69. The summed E-state index contributed by atoms with van der Waals surface area (Å²) in [5.41, 5.74) is 0.957. The van der Waals surface area contributed by atoms with Crippen LogP contribution in [0.4, 0.5) is 4.79 Å². The van der Waals surface area contributed by atoms with Crippen molar-refractivity contribution in [3.8, 4) is 12.3 Å². The van der Waals surface area contributed by atoms with E-state index in [1.165, 1.54) is 0 Å². The highest BCUT2D eigenvalue weighted by Gasteiger charge is 2.13. The molecule has 0 radical (unpaired) electrons. The molecule has 1 N–H and O–H groups in total. The monoisotopic (exact) mass is 271 g/mol. The SMILES string of the molecule is C#CCC(C)C[C@@H](C=C)NC(=O)OCc1ccccc1. The van der Waals surface area contributed by atoms with E-state index < -0.39 is 6.09 Å². The fourth-order valence-electron chi connectivity index (χ4n) is 1.85. The van der Waals surface area contributed by atoms with Crippen molar-refractivity contribution >= 4 is 6.09 Å². The van der Waals surface area contributed by atoms with Gasteiger partial charge in [0.25, 0.3) is 0 Å². The van der Waals surface area contributed by atoms with Crippen molar-refractivity contribution < 1.29 is 9.53 Å². The Morgan fingerprint density at radius 2 is 2.20 bits per heavy atom. The molecule has 0 spiro atoms. The predicted molar refractivity (Wildman–Crippen MR) is 81.0 cm³/mol. The van der Waals surface area contributed by atoms with Crippen molar-refractivity contribution in [1.82, 2.24) is 5.32 Å². The molecule has 1 amide bonds. The molecule has 0 saturated heterocycles. The molecule has 20 heavy (non-hydrogen) atoms. The molecule has 0 saturated carbocycles. The van der Waals surface area contributed by atoms with Gasteiger partial charge in [-0.15, -0.1) is 18.9 Å². The molecule has 0 heterocycles. The average molecular weight is 271 g/mol. The molecule has 3 nitrogen and oxygen atoms in total. The zero-order chi connectivity index (χ0) is 14.8. The molecule has 106 valence electrons. The van der Waals surface area contributed by atoms with Crippen LogP contribution < -0.4 is 5.32 Å². The molecule has 1 rings (SSSR count). The summed E-state index contributed by atoms with van der Waals surface area (Å²) in [6.07, 6.45) is 7.98. The lowest BCUT2D eigenvalue weighted by atomic mass is 9.99. The van der Waals surface area contributed by atoms with Gasteiger partial charge in [-0.3, -0.25) is 0 Å². The highest BCUT2D eigenvalue weighted by Crippen LogP contribution is 2.10. The maximum atomic E-state index is 11.7. The van der Waals surface area contributed by atoms with Gasteiger partial charge in [-0.2, -0.15) is 0 Å². The van der Waals surface area contributed by atoms with Crippen LogP contribution in [0.5, 0.6) is 0 Å². The van der Waals surface area contributed by atoms with Gasteiger partial charge in [-0.05, 0) is 17.9 Å². The molecule has 0 aromatic heterocycles. The van der Waals surface area contributed by atoms with Gasteiger partial charge in [0.05, 0.1) is 6.04 Å². The Morgan fingerprint density at radius 1 is 1.50 bits per heavy atom. The van der Waals surface area contributed by atoms with Crippen LogP contribution in [0.15, 0.2) is 43.0 Å². The normalized spacial score (nSPS) is 12.8. The fraction of sp³-hybridized carbons (Fsp3) is 0.353. The number of nitrogens with one attached hydrogen (secondary N) is 1. The lowest BCUT2D eigenvalue weighted by Crippen LogP contribution is -2.34. The van der Waals surface area contributed by atoms with E-state index in [1.54, 1.807) is 6.08 Å². The van der Waals surface area contributed by atoms with Gasteiger partial charge in [0.2, 0.25) is 0 Å². The van der Waals surface area contributed by atoms with Gasteiger partial charge >= 0.3 is 6.09 Å². The number of alkyl carbamates (subject to hydrolysis) is 1. The highest BCUT2D eigenvalue weighted by molar-refractivity contribution is 5.67. The van der Waals surface area contributed by atoms with Gasteiger partial charge < -0.3 is 10.1 Å². The molecule has 1 aromatic carbocycles. The number of hydrogen-bond acceptors (Lipinski definition) is 2. The number of terminal acetylenes is 1. The third kappa shape index (κ3) is 6.10. The second kappa shape index (κ2) is 8.82. The number of ether oxygens (including phenoxy) is 1. The molecule has 0 aliphatic rings. The average Bonchev–Trinajstić information content (AvgIpc) is 2.45. The molecular weight excluding hydrogens is 250 g/mol. The van der Waals surface area contributed by atoms with Gasteiger partial charge in [0.1, 0.15) is 6.61 Å². The maximum absolute atomic E-state index is 11.7. The van der Waals surface area contributed by atoms with Crippen molar-refractivity contribution in [3.05, 3.63) is 48.6 Å². The first kappa shape index (κ1) is 15.8. The maximum Gasteiger partial charge on any atom is 0.407 e. The van der Waals surface area contributed by atoms with Crippen LogP contribution in [0, 0.1) is 18.3 Å². The second-order valence-corrected chi connectivity index (χ2v) is 4.80. The van der Waals surface area contributed by atoms with Gasteiger partial charge in [0.15, 0.2) is 0 Å². The Morgan fingerprint density at radius 3 is 2.80 bits per heavy atom. The van der Waals surface area contributed by atoms with E-state index >= 15 is 0 Å². The van der Waals surface area contributed by atoms with Crippen LogP contribution in [0.1, 0.15) is 25.3 Å². The van der Waals surface area contributed by atoms with E-state index in [2.05, 4.69) is 17.8 Å². The molecule has 0 aliphatic carbocycles. The molecule has 2 atom stereocenters. The summed E-state index contributed by atoms with van der Waals surface area (Å²) >= 11 is 0. The quantitative estimate of drug-likeness (QED) is 0.608. The Bertz CT molecular complexity index is 462. The summed E-state index contributed by atoms with van der Waals surface area (Å²) in [4.78, 5) is 11.7. The molecule has 3 heteroatoms. The van der Waals surface area contributed by atoms with Crippen molar-refractivity contribution in [2.24, 2.45) is 5.92 Å². The van der Waals surface area contributed by atoms with E-state index in [0.717, 1.165) is 12.0 Å². The van der Waals surface area contributed by atoms with Gasteiger partial charge in [0, 0.05) is 6.42 Å². The van der Waals surface area contributed by atoms with E-state index in [1.807, 2.05) is 37.3 Å². The van der Waals surface area contributed by atoms with Gasteiger partial charge in [-0.1, -0.05) is 43.3 Å². The topological polar surface area (TPSA) is 38.3 Å². The third-order valence-corrected chi connectivity index (χ3v) is 2.92. The smallest absolute Gasteiger partial charge is 0.407 e. The zero-order valence-electron chi connectivity index (χ0n) is 11.8. The summed E-state index contributed by atoms with van der Waals surface area (Å²) < 4.78 is 5.16. The van der Waals surface area contributed by atoms with E-state index in [-0.39, 0.29) is 12.6 Å². The summed E-state index contributed by atoms with van der Waals surface area (Å²) in [5.74, 6) is 2.95. The van der Waals surface area contributed by atoms with Crippen molar-refractivity contribution in [2.75, 3.05) is 0 Å². The minimum Gasteiger partial charge on any atom is -0.445 e. The highest BCUT2D eigenvalue weighted by atomic mass is 16.5. The van der Waals surface area contributed by atoms with Crippen molar-refractivity contribution in [3.63, 3.8) is 0 Å². The first-order valence-electron chi connectivity index (χ1n) is 6.69. The Balaban J connectivity index is 2.36. The van der Waals surface area contributed by atoms with Crippen LogP contribution >= 0.6 is 0 Å². The first-order chi connectivity index (χ1) is 9.65. The lowest BCUT2D eigenvalue weighted by Gasteiger charge is -2.17. The van der Waals surface area contributed by atoms with E-state index in [9.17, 15) is 4.79 Å². The van der Waals surface area contributed by atoms with E-state index in [4.69, 9.17) is 11.2 Å². The molecule has 0 bridgehead atoms. The number of carbonyl (C=O) groups excluding carboxylic acids is 1. The Labute approximate surface area is 121 Å². The molecule has 1 unspecified atom stereocenters. The Kier molecular flexibility index (Phi) is 6.99. The third-order valence-electron chi connectivity index (χ3n) is 2.92.